The summed E-state index contributed by atoms with van der Waals surface area (Å²) < 4.78 is 15.0. The Kier molecular flexibility index (Phi) is 3.42. The molecule has 1 saturated carbocycles. The van der Waals surface area contributed by atoms with E-state index >= 15 is 0 Å². The van der Waals surface area contributed by atoms with Gasteiger partial charge in [-0.15, -0.1) is 0 Å². The molecule has 1 aliphatic carbocycles. The molecule has 1 aliphatic rings. The second-order valence-corrected chi connectivity index (χ2v) is 5.99. The smallest absolute Gasteiger partial charge is 0.335 e. The minimum Gasteiger partial charge on any atom is -0.478 e. The van der Waals surface area contributed by atoms with E-state index in [1.807, 2.05) is 0 Å². The molecule has 2 aromatic rings. The van der Waals surface area contributed by atoms with Crippen molar-refractivity contribution in [1.29, 1.82) is 0 Å². The van der Waals surface area contributed by atoms with Crippen molar-refractivity contribution in [2.24, 2.45) is 0 Å². The first-order valence-electron chi connectivity index (χ1n) is 6.39. The van der Waals surface area contributed by atoms with E-state index in [0.717, 1.165) is 5.56 Å². The van der Waals surface area contributed by atoms with Gasteiger partial charge in [-0.25, -0.2) is 9.18 Å². The van der Waals surface area contributed by atoms with E-state index in [2.05, 4.69) is 0 Å². The van der Waals surface area contributed by atoms with Gasteiger partial charge in [0.2, 0.25) is 0 Å². The Morgan fingerprint density at radius 3 is 2.62 bits per heavy atom. The molecule has 5 heteroatoms. The highest BCUT2D eigenvalue weighted by molar-refractivity contribution is 6.42. The van der Waals surface area contributed by atoms with Crippen LogP contribution < -0.4 is 0 Å². The quantitative estimate of drug-likeness (QED) is 0.858. The molecule has 2 nitrogen and oxygen atoms in total. The van der Waals surface area contributed by atoms with Crippen LogP contribution in [-0.2, 0) is 5.67 Å². The van der Waals surface area contributed by atoms with Gasteiger partial charge in [0, 0.05) is 5.92 Å². The van der Waals surface area contributed by atoms with Crippen molar-refractivity contribution in [2.75, 3.05) is 0 Å². The van der Waals surface area contributed by atoms with Crippen molar-refractivity contribution in [3.63, 3.8) is 0 Å². The number of rotatable bonds is 3. The highest BCUT2D eigenvalue weighted by Gasteiger charge is 2.57. The number of carboxylic acid groups (broad SMARTS) is 1. The monoisotopic (exact) mass is 324 g/mol. The van der Waals surface area contributed by atoms with E-state index in [-0.39, 0.29) is 11.5 Å². The third-order valence-electron chi connectivity index (χ3n) is 3.83. The average molecular weight is 325 g/mol. The molecule has 2 atom stereocenters. The second-order valence-electron chi connectivity index (χ2n) is 5.18. The van der Waals surface area contributed by atoms with Gasteiger partial charge in [-0.2, -0.15) is 0 Å². The van der Waals surface area contributed by atoms with Crippen LogP contribution in [0.3, 0.4) is 0 Å². The van der Waals surface area contributed by atoms with E-state index in [9.17, 15) is 9.18 Å². The first kappa shape index (κ1) is 14.4. The van der Waals surface area contributed by atoms with Crippen LogP contribution in [0.4, 0.5) is 4.39 Å². The Hall–Kier alpha value is -1.58. The zero-order chi connectivity index (χ0) is 15.2. The lowest BCUT2D eigenvalue weighted by atomic mass is 10.0. The minimum absolute atomic E-state index is 0.0873. The predicted octanol–water partition coefficient (Wildman–Crippen LogP) is 5.04. The molecule has 0 saturated heterocycles. The molecule has 0 aliphatic heterocycles. The highest BCUT2D eigenvalue weighted by Crippen LogP contribution is 2.62. The summed E-state index contributed by atoms with van der Waals surface area (Å²) in [6, 6.07) is 11.1. The van der Waals surface area contributed by atoms with Crippen LogP contribution in [0.5, 0.6) is 0 Å². The molecule has 2 unspecified atom stereocenters. The molecule has 1 fully saturated rings. The number of carbonyl (C=O) groups is 1. The molecular weight excluding hydrogens is 314 g/mol. The second kappa shape index (κ2) is 5.00. The molecule has 0 spiro atoms. The Balaban J connectivity index is 1.92. The first-order valence-corrected chi connectivity index (χ1v) is 7.15. The molecule has 2 aromatic carbocycles. The molecule has 0 heterocycles. The third-order valence-corrected chi connectivity index (χ3v) is 4.57. The van der Waals surface area contributed by atoms with Crippen LogP contribution in [0.15, 0.2) is 42.5 Å². The van der Waals surface area contributed by atoms with Gasteiger partial charge in [0.25, 0.3) is 0 Å². The normalized spacial score (nSPS) is 23.9. The van der Waals surface area contributed by atoms with Gasteiger partial charge in [0.05, 0.1) is 15.6 Å². The summed E-state index contributed by atoms with van der Waals surface area (Å²) in [6.07, 6.45) is 0.314. The molecule has 21 heavy (non-hydrogen) atoms. The summed E-state index contributed by atoms with van der Waals surface area (Å²) >= 11 is 11.8. The van der Waals surface area contributed by atoms with Crippen LogP contribution in [0.25, 0.3) is 0 Å². The van der Waals surface area contributed by atoms with Crippen molar-refractivity contribution in [1.82, 2.24) is 0 Å². The van der Waals surface area contributed by atoms with Gasteiger partial charge in [-0.05, 0) is 41.8 Å². The topological polar surface area (TPSA) is 37.3 Å². The van der Waals surface area contributed by atoms with Crippen molar-refractivity contribution in [3.8, 4) is 0 Å². The molecule has 0 aromatic heterocycles. The van der Waals surface area contributed by atoms with E-state index in [1.165, 1.54) is 12.1 Å². The molecule has 0 amide bonds. The lowest BCUT2D eigenvalue weighted by molar-refractivity contribution is 0.0696. The predicted molar refractivity (Wildman–Crippen MR) is 80.0 cm³/mol. The minimum atomic E-state index is -1.54. The summed E-state index contributed by atoms with van der Waals surface area (Å²) in [5.74, 6) is -1.39. The number of alkyl halides is 1. The summed E-state index contributed by atoms with van der Waals surface area (Å²) in [5.41, 5.74) is -0.293. The van der Waals surface area contributed by atoms with Crippen LogP contribution in [0, 0.1) is 0 Å². The summed E-state index contributed by atoms with van der Waals surface area (Å²) in [7, 11) is 0. The summed E-state index contributed by atoms with van der Waals surface area (Å²) in [6.45, 7) is 0. The van der Waals surface area contributed by atoms with Gasteiger partial charge in [-0.3, -0.25) is 0 Å². The Morgan fingerprint density at radius 2 is 1.95 bits per heavy atom. The fourth-order valence-electron chi connectivity index (χ4n) is 2.58. The Labute approximate surface area is 131 Å². The zero-order valence-corrected chi connectivity index (χ0v) is 12.3. The van der Waals surface area contributed by atoms with E-state index in [0.29, 0.717) is 22.0 Å². The fraction of sp³-hybridized carbons (Fsp3) is 0.188. The number of aromatic carboxylic acids is 1. The lowest BCUT2D eigenvalue weighted by Gasteiger charge is -2.10. The number of halogens is 3. The van der Waals surface area contributed by atoms with Gasteiger partial charge in [-0.1, -0.05) is 41.4 Å². The van der Waals surface area contributed by atoms with Crippen molar-refractivity contribution >= 4 is 29.2 Å². The van der Waals surface area contributed by atoms with Crippen LogP contribution in [0.1, 0.15) is 33.8 Å². The summed E-state index contributed by atoms with van der Waals surface area (Å²) in [4.78, 5) is 11.0. The SMILES string of the molecule is O=C(O)c1cccc(C2(F)CC2c2ccc(Cl)c(Cl)c2)c1. The van der Waals surface area contributed by atoms with Crippen molar-refractivity contribution in [3.05, 3.63) is 69.2 Å². The van der Waals surface area contributed by atoms with Gasteiger partial charge in [0.15, 0.2) is 0 Å². The summed E-state index contributed by atoms with van der Waals surface area (Å²) in [5, 5.41) is 9.81. The molecule has 3 rings (SSSR count). The highest BCUT2D eigenvalue weighted by atomic mass is 35.5. The molecular formula is C16H11Cl2FO2. The fourth-order valence-corrected chi connectivity index (χ4v) is 2.89. The Bertz CT molecular complexity index is 732. The molecule has 0 radical (unpaired) electrons. The van der Waals surface area contributed by atoms with E-state index in [4.69, 9.17) is 28.3 Å². The van der Waals surface area contributed by atoms with E-state index in [1.54, 1.807) is 30.3 Å². The standard InChI is InChI=1S/C16H11Cl2FO2/c17-13-5-4-9(7-14(13)18)12-8-16(12,19)11-3-1-2-10(6-11)15(20)21/h1-7,12H,8H2,(H,20,21). The maximum atomic E-state index is 15.0. The first-order chi connectivity index (χ1) is 9.91. The number of hydrogen-bond acceptors (Lipinski definition) is 1. The molecule has 0 bridgehead atoms. The van der Waals surface area contributed by atoms with Gasteiger partial charge >= 0.3 is 5.97 Å². The largest absolute Gasteiger partial charge is 0.478 e. The maximum Gasteiger partial charge on any atom is 0.335 e. The lowest BCUT2D eigenvalue weighted by Crippen LogP contribution is -2.05. The average Bonchev–Trinajstić information content (AvgIpc) is 3.16. The number of carboxylic acids is 1. The Morgan fingerprint density at radius 1 is 1.19 bits per heavy atom. The van der Waals surface area contributed by atoms with Gasteiger partial charge < -0.3 is 5.11 Å². The van der Waals surface area contributed by atoms with Gasteiger partial charge in [0.1, 0.15) is 5.67 Å². The van der Waals surface area contributed by atoms with Crippen molar-refractivity contribution in [2.45, 2.75) is 18.0 Å². The van der Waals surface area contributed by atoms with Crippen LogP contribution >= 0.6 is 23.2 Å². The molecule has 1 N–H and O–H groups in total. The number of hydrogen-bond donors (Lipinski definition) is 1. The van der Waals surface area contributed by atoms with E-state index < -0.39 is 11.6 Å². The van der Waals surface area contributed by atoms with Crippen LogP contribution in [0.2, 0.25) is 10.0 Å². The molecule has 108 valence electrons. The van der Waals surface area contributed by atoms with Crippen LogP contribution in [-0.4, -0.2) is 11.1 Å². The zero-order valence-electron chi connectivity index (χ0n) is 10.8. The van der Waals surface area contributed by atoms with Crippen molar-refractivity contribution < 1.29 is 14.3 Å². The third kappa shape index (κ3) is 2.52. The maximum absolute atomic E-state index is 15.0. The number of benzene rings is 2.